The van der Waals surface area contributed by atoms with Crippen molar-refractivity contribution in [1.82, 2.24) is 9.80 Å². The van der Waals surface area contributed by atoms with Crippen molar-refractivity contribution in [3.63, 3.8) is 0 Å². The highest BCUT2D eigenvalue weighted by Gasteiger charge is 2.28. The van der Waals surface area contributed by atoms with Gasteiger partial charge in [0, 0.05) is 16.6 Å². The summed E-state index contributed by atoms with van der Waals surface area (Å²) in [4.78, 5) is 17.2. The Kier molecular flexibility index (Phi) is 5.67. The van der Waals surface area contributed by atoms with E-state index in [9.17, 15) is 4.79 Å². The Hall–Kier alpha value is -0.610. The van der Waals surface area contributed by atoms with E-state index in [0.717, 1.165) is 25.9 Å². The fourth-order valence-electron chi connectivity index (χ4n) is 2.82. The van der Waals surface area contributed by atoms with E-state index < -0.39 is 0 Å². The van der Waals surface area contributed by atoms with E-state index in [-0.39, 0.29) is 11.8 Å². The van der Waals surface area contributed by atoms with E-state index in [0.29, 0.717) is 21.7 Å². The second-order valence-corrected chi connectivity index (χ2v) is 6.71. The average Bonchev–Trinajstić information content (AvgIpc) is 2.46. The molecule has 21 heavy (non-hydrogen) atoms. The average molecular weight is 329 g/mol. The van der Waals surface area contributed by atoms with Gasteiger partial charge in [0.1, 0.15) is 0 Å². The number of hydrogen-bond acceptors (Lipinski definition) is 3. The SMILES string of the molecule is CC(C(=O)c1ccc(Cl)cc1Cl)N(C)C1CCN(C)CC1. The Balaban J connectivity index is 2.07. The third-order valence-corrected chi connectivity index (χ3v) is 5.00. The predicted octanol–water partition coefficient (Wildman–Crippen LogP) is 3.59. The molecule has 1 aromatic carbocycles. The second-order valence-electron chi connectivity index (χ2n) is 5.86. The standard InChI is InChI=1S/C16H22Cl2N2O/c1-11(20(3)13-6-8-19(2)9-7-13)16(21)14-5-4-12(17)10-15(14)18/h4-5,10-11,13H,6-9H2,1-3H3. The van der Waals surface area contributed by atoms with Gasteiger partial charge in [0.05, 0.1) is 11.1 Å². The van der Waals surface area contributed by atoms with Crippen LogP contribution in [0, 0.1) is 0 Å². The number of hydrogen-bond donors (Lipinski definition) is 0. The third kappa shape index (κ3) is 3.98. The molecule has 0 N–H and O–H groups in total. The minimum Gasteiger partial charge on any atom is -0.306 e. The van der Waals surface area contributed by atoms with Crippen LogP contribution >= 0.6 is 23.2 Å². The van der Waals surface area contributed by atoms with Gasteiger partial charge in [-0.15, -0.1) is 0 Å². The molecule has 1 saturated heterocycles. The lowest BCUT2D eigenvalue weighted by molar-refractivity contribution is 0.0731. The zero-order chi connectivity index (χ0) is 15.6. The lowest BCUT2D eigenvalue weighted by Crippen LogP contribution is -2.48. The number of Topliss-reactive ketones (excluding diaryl/α,β-unsaturated/α-hetero) is 1. The Morgan fingerprint density at radius 3 is 2.52 bits per heavy atom. The Bertz CT molecular complexity index is 513. The number of carbonyl (C=O) groups is 1. The van der Waals surface area contributed by atoms with Gasteiger partial charge in [-0.3, -0.25) is 9.69 Å². The summed E-state index contributed by atoms with van der Waals surface area (Å²) in [6.45, 7) is 4.11. The summed E-state index contributed by atoms with van der Waals surface area (Å²) < 4.78 is 0. The van der Waals surface area contributed by atoms with Crippen molar-refractivity contribution < 1.29 is 4.79 Å². The first-order valence-electron chi connectivity index (χ1n) is 7.30. The summed E-state index contributed by atoms with van der Waals surface area (Å²) in [7, 11) is 4.17. The fourth-order valence-corrected chi connectivity index (χ4v) is 3.32. The molecule has 0 radical (unpaired) electrons. The number of halogens is 2. The van der Waals surface area contributed by atoms with Crippen LogP contribution in [0.4, 0.5) is 0 Å². The van der Waals surface area contributed by atoms with Crippen molar-refractivity contribution in [1.29, 1.82) is 0 Å². The minimum absolute atomic E-state index is 0.0538. The van der Waals surface area contributed by atoms with E-state index >= 15 is 0 Å². The number of piperidine rings is 1. The predicted molar refractivity (Wildman–Crippen MR) is 88.5 cm³/mol. The molecule has 1 aliphatic heterocycles. The molecule has 1 aromatic rings. The quantitative estimate of drug-likeness (QED) is 0.789. The molecule has 5 heteroatoms. The van der Waals surface area contributed by atoms with Crippen LogP contribution in [0.2, 0.25) is 10.0 Å². The highest BCUT2D eigenvalue weighted by Crippen LogP contribution is 2.24. The highest BCUT2D eigenvalue weighted by atomic mass is 35.5. The topological polar surface area (TPSA) is 23.6 Å². The van der Waals surface area contributed by atoms with Gasteiger partial charge < -0.3 is 4.90 Å². The molecule has 2 rings (SSSR count). The van der Waals surface area contributed by atoms with Gasteiger partial charge in [-0.25, -0.2) is 0 Å². The molecule has 0 amide bonds. The summed E-state index contributed by atoms with van der Waals surface area (Å²) in [5, 5.41) is 0.976. The fraction of sp³-hybridized carbons (Fsp3) is 0.562. The number of rotatable bonds is 4. The van der Waals surface area contributed by atoms with Gasteiger partial charge in [0.2, 0.25) is 0 Å². The van der Waals surface area contributed by atoms with Crippen molar-refractivity contribution in [2.24, 2.45) is 0 Å². The maximum absolute atomic E-state index is 12.6. The van der Waals surface area contributed by atoms with Crippen molar-refractivity contribution in [2.75, 3.05) is 27.2 Å². The Labute approximate surface area is 136 Å². The molecule has 0 aromatic heterocycles. The van der Waals surface area contributed by atoms with Crippen molar-refractivity contribution in [3.8, 4) is 0 Å². The first-order valence-corrected chi connectivity index (χ1v) is 8.05. The number of nitrogens with zero attached hydrogens (tertiary/aromatic N) is 2. The third-order valence-electron chi connectivity index (χ3n) is 4.45. The molecule has 1 unspecified atom stereocenters. The van der Waals surface area contributed by atoms with E-state index in [1.54, 1.807) is 18.2 Å². The number of likely N-dealkylation sites (N-methyl/N-ethyl adjacent to an activating group) is 1. The van der Waals surface area contributed by atoms with Gasteiger partial charge in [-0.1, -0.05) is 23.2 Å². The number of carbonyl (C=O) groups excluding carboxylic acids is 1. The van der Waals surface area contributed by atoms with E-state index in [2.05, 4.69) is 16.8 Å². The maximum atomic E-state index is 12.6. The van der Waals surface area contributed by atoms with Crippen molar-refractivity contribution >= 4 is 29.0 Å². The van der Waals surface area contributed by atoms with Crippen LogP contribution in [0.3, 0.4) is 0 Å². The molecule has 0 saturated carbocycles. The molecule has 3 nitrogen and oxygen atoms in total. The smallest absolute Gasteiger partial charge is 0.181 e. The van der Waals surface area contributed by atoms with Crippen LogP contribution in [0.25, 0.3) is 0 Å². The van der Waals surface area contributed by atoms with Crippen LogP contribution in [0.1, 0.15) is 30.1 Å². The van der Waals surface area contributed by atoms with Gasteiger partial charge >= 0.3 is 0 Å². The lowest BCUT2D eigenvalue weighted by Gasteiger charge is -2.37. The zero-order valence-electron chi connectivity index (χ0n) is 12.8. The van der Waals surface area contributed by atoms with Crippen LogP contribution in [0.15, 0.2) is 18.2 Å². The first kappa shape index (κ1) is 16.8. The molecule has 0 bridgehead atoms. The molecule has 1 aliphatic rings. The Morgan fingerprint density at radius 1 is 1.33 bits per heavy atom. The van der Waals surface area contributed by atoms with Gasteiger partial charge in [0.15, 0.2) is 5.78 Å². The number of benzene rings is 1. The zero-order valence-corrected chi connectivity index (χ0v) is 14.3. The molecule has 1 fully saturated rings. The normalized spacial score (nSPS) is 19.0. The minimum atomic E-state index is -0.183. The van der Waals surface area contributed by atoms with E-state index in [1.807, 2.05) is 14.0 Å². The van der Waals surface area contributed by atoms with E-state index in [4.69, 9.17) is 23.2 Å². The van der Waals surface area contributed by atoms with Crippen molar-refractivity contribution in [3.05, 3.63) is 33.8 Å². The van der Waals surface area contributed by atoms with Gasteiger partial charge in [-0.05, 0) is 65.1 Å². The van der Waals surface area contributed by atoms with Crippen LogP contribution in [-0.4, -0.2) is 54.9 Å². The number of likely N-dealkylation sites (tertiary alicyclic amines) is 1. The monoisotopic (exact) mass is 328 g/mol. The summed E-state index contributed by atoms with van der Waals surface area (Å²) in [5.74, 6) is 0.0538. The highest BCUT2D eigenvalue weighted by molar-refractivity contribution is 6.37. The van der Waals surface area contributed by atoms with Crippen LogP contribution in [0.5, 0.6) is 0 Å². The molecule has 1 heterocycles. The van der Waals surface area contributed by atoms with Crippen LogP contribution < -0.4 is 0 Å². The first-order chi connectivity index (χ1) is 9.90. The van der Waals surface area contributed by atoms with E-state index in [1.165, 1.54) is 0 Å². The molecular formula is C16H22Cl2N2O. The van der Waals surface area contributed by atoms with Crippen LogP contribution in [-0.2, 0) is 0 Å². The second kappa shape index (κ2) is 7.10. The number of ketones is 1. The Morgan fingerprint density at radius 2 is 1.95 bits per heavy atom. The van der Waals surface area contributed by atoms with Crippen molar-refractivity contribution in [2.45, 2.75) is 31.8 Å². The summed E-state index contributed by atoms with van der Waals surface area (Å²) >= 11 is 12.0. The molecule has 116 valence electrons. The molecular weight excluding hydrogens is 307 g/mol. The summed E-state index contributed by atoms with van der Waals surface area (Å²) in [6, 6.07) is 5.32. The largest absolute Gasteiger partial charge is 0.306 e. The summed E-state index contributed by atoms with van der Waals surface area (Å²) in [5.41, 5.74) is 0.549. The maximum Gasteiger partial charge on any atom is 0.181 e. The summed E-state index contributed by atoms with van der Waals surface area (Å²) in [6.07, 6.45) is 2.19. The van der Waals surface area contributed by atoms with Gasteiger partial charge in [-0.2, -0.15) is 0 Å². The molecule has 0 spiro atoms. The molecule has 1 atom stereocenters. The lowest BCUT2D eigenvalue weighted by atomic mass is 9.99. The molecule has 0 aliphatic carbocycles. The van der Waals surface area contributed by atoms with Gasteiger partial charge in [0.25, 0.3) is 0 Å².